The first-order chi connectivity index (χ1) is 19.1. The van der Waals surface area contributed by atoms with E-state index in [1.165, 1.54) is 11.8 Å². The van der Waals surface area contributed by atoms with Crippen molar-refractivity contribution in [2.24, 2.45) is 4.99 Å². The molecule has 0 aromatic heterocycles. The lowest BCUT2D eigenvalue weighted by Crippen LogP contribution is -2.60. The van der Waals surface area contributed by atoms with Crippen molar-refractivity contribution in [2.45, 2.75) is 55.7 Å². The maximum absolute atomic E-state index is 12.5. The fraction of sp³-hybridized carbons (Fsp3) is 0.355. The predicted octanol–water partition coefficient (Wildman–Crippen LogP) is 4.70. The second kappa shape index (κ2) is 13.4. The molecule has 0 saturated carbocycles. The summed E-state index contributed by atoms with van der Waals surface area (Å²) in [4.78, 5) is 19.4. The Kier molecular flexibility index (Phi) is 9.44. The van der Waals surface area contributed by atoms with Crippen LogP contribution in [0.15, 0.2) is 96.0 Å². The van der Waals surface area contributed by atoms with Gasteiger partial charge in [0.15, 0.2) is 11.5 Å². The van der Waals surface area contributed by atoms with E-state index in [2.05, 4.69) is 0 Å². The molecule has 3 aromatic carbocycles. The lowest BCUT2D eigenvalue weighted by molar-refractivity contribution is -0.224. The summed E-state index contributed by atoms with van der Waals surface area (Å²) >= 11 is 1.54. The molecule has 6 atom stereocenters. The third-order valence-electron chi connectivity index (χ3n) is 6.73. The van der Waals surface area contributed by atoms with Crippen molar-refractivity contribution in [1.29, 1.82) is 0 Å². The molecule has 2 heterocycles. The molecule has 0 amide bonds. The lowest BCUT2D eigenvalue weighted by Gasteiger charge is -2.44. The highest BCUT2D eigenvalue weighted by Gasteiger charge is 2.53. The molecule has 7 nitrogen and oxygen atoms in total. The summed E-state index contributed by atoms with van der Waals surface area (Å²) in [6.45, 7) is 1.02. The van der Waals surface area contributed by atoms with E-state index in [4.69, 9.17) is 23.9 Å². The van der Waals surface area contributed by atoms with Crippen LogP contribution in [0.25, 0.3) is 0 Å². The Morgan fingerprint density at radius 1 is 0.821 bits per heavy atom. The average Bonchev–Trinajstić information content (AvgIpc) is 3.41. The van der Waals surface area contributed by atoms with Crippen molar-refractivity contribution in [3.05, 3.63) is 108 Å². The highest BCUT2D eigenvalue weighted by molar-refractivity contribution is 8.14. The molecule has 0 unspecified atom stereocenters. The third kappa shape index (κ3) is 6.96. The molecule has 0 bridgehead atoms. The fourth-order valence-corrected chi connectivity index (χ4v) is 5.86. The second-order valence-electron chi connectivity index (χ2n) is 9.80. The zero-order valence-corrected chi connectivity index (χ0v) is 23.0. The summed E-state index contributed by atoms with van der Waals surface area (Å²) in [5.41, 5.74) is 2.72. The van der Waals surface area contributed by atoms with E-state index in [1.54, 1.807) is 0 Å². The van der Waals surface area contributed by atoms with E-state index in [0.29, 0.717) is 13.2 Å². The summed E-state index contributed by atoms with van der Waals surface area (Å²) in [6.07, 6.45) is -1.76. The maximum atomic E-state index is 12.5. The van der Waals surface area contributed by atoms with E-state index < -0.39 is 24.4 Å². The van der Waals surface area contributed by atoms with Crippen LogP contribution in [0.3, 0.4) is 0 Å². The molecule has 0 spiro atoms. The van der Waals surface area contributed by atoms with E-state index in [0.717, 1.165) is 28.1 Å². The molecule has 2 aliphatic rings. The molecule has 0 aliphatic carbocycles. The summed E-state index contributed by atoms with van der Waals surface area (Å²) in [5, 5.41) is 0.855. The van der Waals surface area contributed by atoms with Gasteiger partial charge in [-0.15, -0.1) is 0 Å². The van der Waals surface area contributed by atoms with Crippen molar-refractivity contribution in [3.63, 3.8) is 0 Å². The Bertz CT molecular complexity index is 1210. The number of hydrogen-bond donors (Lipinski definition) is 0. The van der Waals surface area contributed by atoms with E-state index in [9.17, 15) is 4.79 Å². The first-order valence-corrected chi connectivity index (χ1v) is 14.0. The van der Waals surface area contributed by atoms with Crippen molar-refractivity contribution in [2.75, 3.05) is 14.1 Å². The number of amidine groups is 1. The Morgan fingerprint density at radius 3 is 1.85 bits per heavy atom. The minimum Gasteiger partial charge on any atom is -0.368 e. The molecular weight excluding hydrogens is 512 g/mol. The molecule has 2 aliphatic heterocycles. The Labute approximate surface area is 234 Å². The zero-order chi connectivity index (χ0) is 27.0. The number of benzene rings is 3. The topological polar surface area (TPSA) is 69.6 Å². The van der Waals surface area contributed by atoms with Crippen molar-refractivity contribution in [3.8, 4) is 0 Å². The number of ether oxygens (including phenoxy) is 4. The van der Waals surface area contributed by atoms with Gasteiger partial charge < -0.3 is 28.6 Å². The lowest BCUT2D eigenvalue weighted by atomic mass is 9.94. The molecule has 0 radical (unpaired) electrons. The van der Waals surface area contributed by atoms with Crippen LogP contribution < -0.4 is 0 Å². The molecule has 39 heavy (non-hydrogen) atoms. The van der Waals surface area contributed by atoms with Crippen LogP contribution in [-0.2, 0) is 43.6 Å². The largest absolute Gasteiger partial charge is 0.368 e. The SMILES string of the molecule is CN(C)C1=N[C@@H]2[C@@H](OCc3ccccc3)[C@H](OCc3ccccc3)[C@@H]([C@@H](C=O)OCc3ccccc3)O[C@@H]2S1. The highest BCUT2D eigenvalue weighted by atomic mass is 32.2. The number of carbonyl (C=O) groups is 1. The van der Waals surface area contributed by atoms with Crippen molar-refractivity contribution >= 4 is 23.2 Å². The van der Waals surface area contributed by atoms with Gasteiger partial charge in [-0.3, -0.25) is 4.99 Å². The van der Waals surface area contributed by atoms with Crippen LogP contribution in [0.5, 0.6) is 0 Å². The van der Waals surface area contributed by atoms with Gasteiger partial charge in [-0.05, 0) is 16.7 Å². The van der Waals surface area contributed by atoms with Crippen LogP contribution in [0, 0.1) is 0 Å². The summed E-state index contributed by atoms with van der Waals surface area (Å²) in [6, 6.07) is 29.5. The normalized spacial score (nSPS) is 25.0. The minimum atomic E-state index is -0.848. The van der Waals surface area contributed by atoms with Crippen LogP contribution in [0.4, 0.5) is 0 Å². The van der Waals surface area contributed by atoms with Gasteiger partial charge in [-0.25, -0.2) is 0 Å². The summed E-state index contributed by atoms with van der Waals surface area (Å²) in [5.74, 6) is 0. The van der Waals surface area contributed by atoms with E-state index >= 15 is 0 Å². The van der Waals surface area contributed by atoms with Gasteiger partial charge in [0, 0.05) is 14.1 Å². The molecule has 1 fully saturated rings. The number of fused-ring (bicyclic) bond motifs is 1. The molecule has 0 N–H and O–H groups in total. The molecule has 3 aromatic rings. The smallest absolute Gasteiger partial charge is 0.161 e. The molecular formula is C31H34N2O5S. The third-order valence-corrected chi connectivity index (χ3v) is 8.04. The summed E-state index contributed by atoms with van der Waals surface area (Å²) in [7, 11) is 3.92. The average molecular weight is 547 g/mol. The second-order valence-corrected chi connectivity index (χ2v) is 10.9. The van der Waals surface area contributed by atoms with Gasteiger partial charge in [0.25, 0.3) is 0 Å². The number of hydrogen-bond acceptors (Lipinski definition) is 8. The number of carbonyl (C=O) groups excluding carboxylic acids is 1. The van der Waals surface area contributed by atoms with E-state index in [1.807, 2.05) is 110 Å². The highest BCUT2D eigenvalue weighted by Crippen LogP contribution is 2.41. The van der Waals surface area contributed by atoms with Crippen LogP contribution in [0.1, 0.15) is 16.7 Å². The van der Waals surface area contributed by atoms with Gasteiger partial charge in [-0.2, -0.15) is 0 Å². The first kappa shape index (κ1) is 27.6. The Hall–Kier alpha value is -3.01. The Morgan fingerprint density at radius 2 is 1.33 bits per heavy atom. The zero-order valence-electron chi connectivity index (χ0n) is 22.2. The Balaban J connectivity index is 1.43. The van der Waals surface area contributed by atoms with Crippen LogP contribution in [0.2, 0.25) is 0 Å². The quantitative estimate of drug-likeness (QED) is 0.323. The van der Waals surface area contributed by atoms with E-state index in [-0.39, 0.29) is 18.1 Å². The van der Waals surface area contributed by atoms with Gasteiger partial charge in [0.1, 0.15) is 35.9 Å². The number of aldehydes is 1. The summed E-state index contributed by atoms with van der Waals surface area (Å²) < 4.78 is 25.8. The van der Waals surface area contributed by atoms with Gasteiger partial charge in [0.05, 0.1) is 19.8 Å². The van der Waals surface area contributed by atoms with Gasteiger partial charge in [-0.1, -0.05) is 103 Å². The number of thioether (sulfide) groups is 1. The van der Waals surface area contributed by atoms with Crippen molar-refractivity contribution < 1.29 is 23.7 Å². The minimum absolute atomic E-state index is 0.283. The number of rotatable bonds is 11. The number of nitrogens with zero attached hydrogens (tertiary/aromatic N) is 2. The monoisotopic (exact) mass is 546 g/mol. The maximum Gasteiger partial charge on any atom is 0.161 e. The molecule has 5 rings (SSSR count). The number of aliphatic imine (C=N–C) groups is 1. The molecule has 8 heteroatoms. The predicted molar refractivity (Wildman–Crippen MR) is 152 cm³/mol. The van der Waals surface area contributed by atoms with Gasteiger partial charge >= 0.3 is 0 Å². The van der Waals surface area contributed by atoms with Crippen LogP contribution in [-0.4, -0.2) is 66.3 Å². The fourth-order valence-electron chi connectivity index (χ4n) is 4.72. The first-order valence-electron chi connectivity index (χ1n) is 13.1. The van der Waals surface area contributed by atoms with Crippen LogP contribution >= 0.6 is 11.8 Å². The van der Waals surface area contributed by atoms with Crippen molar-refractivity contribution in [1.82, 2.24) is 4.90 Å². The van der Waals surface area contributed by atoms with Gasteiger partial charge in [0.2, 0.25) is 0 Å². The molecule has 1 saturated heterocycles. The standard InChI is InChI=1S/C31H34N2O5S/c1-33(2)31-32-26-28(36-20-23-14-8-4-9-15-23)29(37-21-24-16-10-5-11-17-24)27(38-30(26)39-31)25(18-34)35-19-22-12-6-3-7-13-22/h3-18,25-30H,19-21H2,1-2H3/t25-,26-,27-,28-,29-,30-/m1/s1. The molecule has 204 valence electrons.